The molecule has 90 valence electrons. The van der Waals surface area contributed by atoms with Gasteiger partial charge in [0.2, 0.25) is 0 Å². The van der Waals surface area contributed by atoms with E-state index in [9.17, 15) is 13.2 Å². The standard InChI is InChI=1S/C6H14N2O6S/c1-3-13-6(9)7-15(10,11)8-14-5-4-12-2/h8H,3-5H2,1-2H3,(H,7,9). The van der Waals surface area contributed by atoms with Crippen LogP contribution in [0.5, 0.6) is 0 Å². The maximum absolute atomic E-state index is 11.0. The van der Waals surface area contributed by atoms with Crippen LogP contribution in [0.4, 0.5) is 4.79 Å². The number of methoxy groups -OCH3 is 1. The van der Waals surface area contributed by atoms with Crippen molar-refractivity contribution in [1.29, 1.82) is 0 Å². The first kappa shape index (κ1) is 14.1. The molecule has 0 aliphatic rings. The van der Waals surface area contributed by atoms with Gasteiger partial charge in [0.25, 0.3) is 0 Å². The van der Waals surface area contributed by atoms with Crippen LogP contribution in [0.3, 0.4) is 0 Å². The fourth-order valence-corrected chi connectivity index (χ4v) is 1.09. The topological polar surface area (TPSA) is 103 Å². The van der Waals surface area contributed by atoms with E-state index in [2.05, 4.69) is 14.3 Å². The normalized spacial score (nSPS) is 11.1. The van der Waals surface area contributed by atoms with Gasteiger partial charge in [-0.05, 0) is 6.92 Å². The molecule has 0 saturated carbocycles. The Kier molecular flexibility index (Phi) is 6.96. The molecule has 0 heterocycles. The van der Waals surface area contributed by atoms with Crippen molar-refractivity contribution >= 4 is 16.3 Å². The highest BCUT2D eigenvalue weighted by Gasteiger charge is 2.14. The van der Waals surface area contributed by atoms with Crippen molar-refractivity contribution in [2.24, 2.45) is 0 Å². The van der Waals surface area contributed by atoms with Gasteiger partial charge in [0.05, 0.1) is 19.8 Å². The number of carbonyl (C=O) groups excluding carboxylic acids is 1. The van der Waals surface area contributed by atoms with E-state index < -0.39 is 16.3 Å². The van der Waals surface area contributed by atoms with Crippen molar-refractivity contribution in [2.75, 3.05) is 26.9 Å². The molecule has 15 heavy (non-hydrogen) atoms. The van der Waals surface area contributed by atoms with Crippen molar-refractivity contribution in [1.82, 2.24) is 9.61 Å². The Morgan fingerprint density at radius 1 is 1.33 bits per heavy atom. The molecular weight excluding hydrogens is 228 g/mol. The van der Waals surface area contributed by atoms with Crippen molar-refractivity contribution in [3.8, 4) is 0 Å². The van der Waals surface area contributed by atoms with E-state index >= 15 is 0 Å². The summed E-state index contributed by atoms with van der Waals surface area (Å²) in [6.07, 6.45) is -1.07. The SMILES string of the molecule is CCOC(=O)NS(=O)(=O)NOCCOC. The Bertz CT molecular complexity index is 277. The second-order valence-electron chi connectivity index (χ2n) is 2.25. The van der Waals surface area contributed by atoms with Gasteiger partial charge in [0.15, 0.2) is 0 Å². The van der Waals surface area contributed by atoms with Crippen molar-refractivity contribution < 1.29 is 27.5 Å². The van der Waals surface area contributed by atoms with Gasteiger partial charge in [-0.1, -0.05) is 4.89 Å². The van der Waals surface area contributed by atoms with Crippen LogP contribution >= 0.6 is 0 Å². The van der Waals surface area contributed by atoms with Gasteiger partial charge in [0, 0.05) is 7.11 Å². The number of nitrogens with one attached hydrogen (secondary N) is 2. The Morgan fingerprint density at radius 2 is 2.00 bits per heavy atom. The number of carbonyl (C=O) groups is 1. The summed E-state index contributed by atoms with van der Waals surface area (Å²) >= 11 is 0. The monoisotopic (exact) mass is 242 g/mol. The molecule has 0 aliphatic heterocycles. The molecule has 0 spiro atoms. The van der Waals surface area contributed by atoms with Gasteiger partial charge in [0.1, 0.15) is 0 Å². The lowest BCUT2D eigenvalue weighted by Gasteiger charge is -2.07. The molecule has 0 atom stereocenters. The van der Waals surface area contributed by atoms with Crippen LogP contribution in [-0.2, 0) is 24.5 Å². The molecule has 2 N–H and O–H groups in total. The van der Waals surface area contributed by atoms with E-state index in [1.165, 1.54) is 7.11 Å². The van der Waals surface area contributed by atoms with Gasteiger partial charge in [-0.25, -0.2) is 9.52 Å². The highest BCUT2D eigenvalue weighted by atomic mass is 32.2. The van der Waals surface area contributed by atoms with Gasteiger partial charge >= 0.3 is 16.3 Å². The first-order valence-electron chi connectivity index (χ1n) is 4.09. The molecule has 0 unspecified atom stereocenters. The molecule has 0 radical (unpaired) electrons. The number of hydrogen-bond donors (Lipinski definition) is 2. The Morgan fingerprint density at radius 3 is 2.53 bits per heavy atom. The summed E-state index contributed by atoms with van der Waals surface area (Å²) in [5, 5.41) is 0. The number of amides is 1. The molecule has 0 saturated heterocycles. The van der Waals surface area contributed by atoms with E-state index in [1.807, 2.05) is 0 Å². The van der Waals surface area contributed by atoms with Crippen LogP contribution in [0.15, 0.2) is 0 Å². The first-order chi connectivity index (χ1) is 7.02. The van der Waals surface area contributed by atoms with E-state index in [0.717, 1.165) is 0 Å². The van der Waals surface area contributed by atoms with E-state index in [0.29, 0.717) is 0 Å². The molecule has 0 rings (SSSR count). The fraction of sp³-hybridized carbons (Fsp3) is 0.833. The lowest BCUT2D eigenvalue weighted by Crippen LogP contribution is -2.40. The third kappa shape index (κ3) is 8.12. The minimum Gasteiger partial charge on any atom is -0.449 e. The van der Waals surface area contributed by atoms with E-state index in [1.54, 1.807) is 16.5 Å². The first-order valence-corrected chi connectivity index (χ1v) is 5.57. The summed E-state index contributed by atoms with van der Waals surface area (Å²) in [6.45, 7) is 1.88. The van der Waals surface area contributed by atoms with E-state index in [-0.39, 0.29) is 19.8 Å². The maximum atomic E-state index is 11.0. The highest BCUT2D eigenvalue weighted by molar-refractivity contribution is 7.87. The van der Waals surface area contributed by atoms with Crippen LogP contribution in [-0.4, -0.2) is 41.4 Å². The summed E-state index contributed by atoms with van der Waals surface area (Å²) in [5.74, 6) is 0. The molecule has 0 fully saturated rings. The van der Waals surface area contributed by atoms with Gasteiger partial charge < -0.3 is 9.47 Å². The molecule has 0 aromatic rings. The highest BCUT2D eigenvalue weighted by Crippen LogP contribution is 1.82. The lowest BCUT2D eigenvalue weighted by molar-refractivity contribution is 0.0432. The molecule has 8 nitrogen and oxygen atoms in total. The maximum Gasteiger partial charge on any atom is 0.421 e. The van der Waals surface area contributed by atoms with Crippen molar-refractivity contribution in [3.05, 3.63) is 0 Å². The van der Waals surface area contributed by atoms with E-state index in [4.69, 9.17) is 0 Å². The van der Waals surface area contributed by atoms with Crippen LogP contribution in [0.2, 0.25) is 0 Å². The summed E-state index contributed by atoms with van der Waals surface area (Å²) < 4.78 is 32.5. The third-order valence-corrected chi connectivity index (χ3v) is 1.82. The minimum absolute atomic E-state index is 0.0280. The van der Waals surface area contributed by atoms with Gasteiger partial charge in [-0.15, -0.1) is 0 Å². The largest absolute Gasteiger partial charge is 0.449 e. The summed E-state index contributed by atoms with van der Waals surface area (Å²) in [6, 6.07) is 0. The Balaban J connectivity index is 3.82. The number of hydrogen-bond acceptors (Lipinski definition) is 6. The molecule has 9 heteroatoms. The van der Waals surface area contributed by atoms with Crippen LogP contribution < -0.4 is 9.61 Å². The second kappa shape index (κ2) is 7.40. The lowest BCUT2D eigenvalue weighted by atomic mass is 10.8. The second-order valence-corrected chi connectivity index (χ2v) is 3.63. The van der Waals surface area contributed by atoms with Crippen LogP contribution in [0, 0.1) is 0 Å². The average Bonchev–Trinajstić information content (AvgIpc) is 2.12. The Hall–Kier alpha value is -0.900. The molecule has 0 aromatic carbocycles. The molecule has 1 amide bonds. The summed E-state index contributed by atoms with van der Waals surface area (Å²) in [5.41, 5.74) is 0. The Labute approximate surface area is 88.0 Å². The molecule has 0 aromatic heterocycles. The predicted octanol–water partition coefficient (Wildman–Crippen LogP) is -0.855. The molecule has 0 bridgehead atoms. The van der Waals surface area contributed by atoms with Crippen LogP contribution in [0.25, 0.3) is 0 Å². The quantitative estimate of drug-likeness (QED) is 0.445. The number of ether oxygens (including phenoxy) is 2. The van der Waals surface area contributed by atoms with Gasteiger partial charge in [-0.3, -0.25) is 4.84 Å². The summed E-state index contributed by atoms with van der Waals surface area (Å²) in [7, 11) is -2.60. The molecule has 0 aliphatic carbocycles. The fourth-order valence-electron chi connectivity index (χ4n) is 0.535. The zero-order chi connectivity index (χ0) is 11.7. The molecular formula is C6H14N2O6S. The zero-order valence-corrected chi connectivity index (χ0v) is 9.30. The summed E-state index contributed by atoms with van der Waals surface area (Å²) in [4.78, 5) is 16.9. The third-order valence-electron chi connectivity index (χ3n) is 1.05. The minimum atomic E-state index is -4.04. The number of rotatable bonds is 7. The predicted molar refractivity (Wildman–Crippen MR) is 50.0 cm³/mol. The van der Waals surface area contributed by atoms with Crippen molar-refractivity contribution in [3.63, 3.8) is 0 Å². The van der Waals surface area contributed by atoms with Gasteiger partial charge in [-0.2, -0.15) is 8.42 Å². The zero-order valence-electron chi connectivity index (χ0n) is 8.48. The van der Waals surface area contributed by atoms with Crippen molar-refractivity contribution in [2.45, 2.75) is 6.92 Å². The van der Waals surface area contributed by atoms with Crippen LogP contribution in [0.1, 0.15) is 6.92 Å². The smallest absolute Gasteiger partial charge is 0.421 e. The average molecular weight is 242 g/mol.